The van der Waals surface area contributed by atoms with Gasteiger partial charge in [-0.15, -0.1) is 0 Å². The van der Waals surface area contributed by atoms with E-state index in [9.17, 15) is 15.3 Å². The van der Waals surface area contributed by atoms with Gasteiger partial charge in [-0.25, -0.2) is 0 Å². The summed E-state index contributed by atoms with van der Waals surface area (Å²) in [4.78, 5) is 13.4. The number of hydrogen-bond donors (Lipinski definition) is 0. The van der Waals surface area contributed by atoms with E-state index >= 15 is 0 Å². The van der Waals surface area contributed by atoms with E-state index in [-0.39, 0.29) is 18.1 Å². The van der Waals surface area contributed by atoms with Crippen LogP contribution < -0.4 is 4.74 Å². The molecule has 0 fully saturated rings. The van der Waals surface area contributed by atoms with Crippen molar-refractivity contribution in [2.45, 2.75) is 6.61 Å². The number of halogens is 1. The molecule has 0 aliphatic heterocycles. The van der Waals surface area contributed by atoms with Crippen LogP contribution in [0.25, 0.3) is 6.08 Å². The number of rotatable bonds is 5. The summed E-state index contributed by atoms with van der Waals surface area (Å²) in [6, 6.07) is 16.6. The summed E-state index contributed by atoms with van der Waals surface area (Å²) in [6.45, 7) is 0.204. The Labute approximate surface area is 160 Å². The van der Waals surface area contributed by atoms with Gasteiger partial charge in [-0.05, 0) is 30.3 Å². The van der Waals surface area contributed by atoms with Crippen molar-refractivity contribution in [1.29, 1.82) is 10.5 Å². The second-order valence-electron chi connectivity index (χ2n) is 5.61. The fraction of sp³-hybridized carbons (Fsp3) is 0.150. The number of benzene rings is 2. The zero-order chi connectivity index (χ0) is 19.1. The maximum absolute atomic E-state index is 12.1. The van der Waals surface area contributed by atoms with Crippen molar-refractivity contribution in [3.8, 4) is 17.9 Å². The topological polar surface area (TPSA) is 77.1 Å². The normalized spacial score (nSPS) is 10.6. The second-order valence-corrected chi connectivity index (χ2v) is 6.52. The third-order valence-electron chi connectivity index (χ3n) is 3.55. The van der Waals surface area contributed by atoms with E-state index in [1.807, 2.05) is 24.3 Å². The van der Waals surface area contributed by atoms with Crippen LogP contribution in [0.2, 0.25) is 0 Å². The van der Waals surface area contributed by atoms with Gasteiger partial charge in [0.1, 0.15) is 24.0 Å². The smallest absolute Gasteiger partial charge is 0.264 e. The monoisotopic (exact) mass is 409 g/mol. The Morgan fingerprint density at radius 1 is 1.23 bits per heavy atom. The van der Waals surface area contributed by atoms with E-state index in [2.05, 4.69) is 22.0 Å². The molecule has 0 unspecified atom stereocenters. The van der Waals surface area contributed by atoms with E-state index in [1.165, 1.54) is 11.0 Å². The highest BCUT2D eigenvalue weighted by Gasteiger charge is 2.13. The molecule has 5 nitrogen and oxygen atoms in total. The van der Waals surface area contributed by atoms with Gasteiger partial charge in [-0.2, -0.15) is 10.5 Å². The van der Waals surface area contributed by atoms with Crippen LogP contribution >= 0.6 is 15.9 Å². The van der Waals surface area contributed by atoms with E-state index in [1.54, 1.807) is 38.4 Å². The van der Waals surface area contributed by atoms with Crippen molar-refractivity contribution in [1.82, 2.24) is 4.90 Å². The molecule has 0 aromatic heterocycles. The molecule has 2 aromatic rings. The van der Waals surface area contributed by atoms with E-state index in [0.29, 0.717) is 16.9 Å². The predicted molar refractivity (Wildman–Crippen MR) is 102 cm³/mol. The van der Waals surface area contributed by atoms with Gasteiger partial charge < -0.3 is 9.64 Å². The molecular weight excluding hydrogens is 394 g/mol. The molecule has 2 rings (SSSR count). The van der Waals surface area contributed by atoms with Crippen LogP contribution in [0.3, 0.4) is 0 Å². The van der Waals surface area contributed by atoms with Crippen molar-refractivity contribution < 1.29 is 9.53 Å². The van der Waals surface area contributed by atoms with Crippen LogP contribution in [0.4, 0.5) is 0 Å². The highest BCUT2D eigenvalue weighted by Crippen LogP contribution is 2.27. The molecule has 1 amide bonds. The van der Waals surface area contributed by atoms with E-state index in [4.69, 9.17) is 4.74 Å². The zero-order valence-corrected chi connectivity index (χ0v) is 15.9. The molecule has 26 heavy (non-hydrogen) atoms. The quantitative estimate of drug-likeness (QED) is 0.554. The third-order valence-corrected chi connectivity index (χ3v) is 4.04. The summed E-state index contributed by atoms with van der Waals surface area (Å²) in [5.41, 5.74) is 1.91. The van der Waals surface area contributed by atoms with Crippen molar-refractivity contribution in [3.63, 3.8) is 0 Å². The number of nitrogens with zero attached hydrogens (tertiary/aromatic N) is 3. The van der Waals surface area contributed by atoms with Crippen molar-refractivity contribution >= 4 is 27.9 Å². The summed E-state index contributed by atoms with van der Waals surface area (Å²) < 4.78 is 6.65. The maximum atomic E-state index is 12.1. The van der Waals surface area contributed by atoms with Gasteiger partial charge in [0.15, 0.2) is 0 Å². The Morgan fingerprint density at radius 3 is 2.62 bits per heavy atom. The summed E-state index contributed by atoms with van der Waals surface area (Å²) in [5, 5.41) is 18.5. The number of hydrogen-bond acceptors (Lipinski definition) is 4. The largest absolute Gasteiger partial charge is 0.488 e. The molecule has 0 saturated heterocycles. The minimum absolute atomic E-state index is 0.00961. The minimum Gasteiger partial charge on any atom is -0.488 e. The molecule has 0 radical (unpaired) electrons. The van der Waals surface area contributed by atoms with Gasteiger partial charge in [-0.3, -0.25) is 4.79 Å². The number of nitriles is 2. The lowest BCUT2D eigenvalue weighted by atomic mass is 10.1. The lowest BCUT2D eigenvalue weighted by Crippen LogP contribution is -2.22. The van der Waals surface area contributed by atoms with Gasteiger partial charge in [0.2, 0.25) is 0 Å². The predicted octanol–water partition coefficient (Wildman–Crippen LogP) is 3.89. The zero-order valence-electron chi connectivity index (χ0n) is 14.4. The lowest BCUT2D eigenvalue weighted by Gasteiger charge is -2.12. The van der Waals surface area contributed by atoms with Crippen LogP contribution in [0.15, 0.2) is 52.5 Å². The summed E-state index contributed by atoms with van der Waals surface area (Å²) >= 11 is 3.39. The minimum atomic E-state index is -0.381. The SMILES string of the molecule is CN(C)C(=O)/C(C#N)=C\c1cc(Br)ccc1OCc1ccccc1C#N. The Bertz CT molecular complexity index is 937. The number of likely N-dealkylation sites (N-methyl/N-ethyl adjacent to an activating group) is 1. The number of carbonyl (C=O) groups is 1. The average Bonchev–Trinajstić information content (AvgIpc) is 2.64. The maximum Gasteiger partial charge on any atom is 0.264 e. The molecule has 0 aliphatic carbocycles. The first-order valence-electron chi connectivity index (χ1n) is 7.70. The Hall–Kier alpha value is -3.09. The van der Waals surface area contributed by atoms with Gasteiger partial charge in [0.25, 0.3) is 5.91 Å². The first-order chi connectivity index (χ1) is 12.5. The summed E-state index contributed by atoms with van der Waals surface area (Å²) in [5.74, 6) is 0.133. The third kappa shape index (κ3) is 4.72. The van der Waals surface area contributed by atoms with Gasteiger partial charge in [0, 0.05) is 29.7 Å². The molecule has 6 heteroatoms. The molecule has 0 aliphatic rings. The van der Waals surface area contributed by atoms with Crippen LogP contribution in [0.5, 0.6) is 5.75 Å². The standard InChI is InChI=1S/C20H16BrN3O2/c1-24(2)20(25)17(12-23)9-16-10-18(21)7-8-19(16)26-13-15-6-4-3-5-14(15)11-22/h3-10H,13H2,1-2H3/b17-9-. The molecule has 0 atom stereocenters. The van der Waals surface area contributed by atoms with Crippen LogP contribution in [-0.2, 0) is 11.4 Å². The molecule has 0 N–H and O–H groups in total. The highest BCUT2D eigenvalue weighted by atomic mass is 79.9. The Kier molecular flexibility index (Phi) is 6.54. The van der Waals surface area contributed by atoms with Gasteiger partial charge >= 0.3 is 0 Å². The van der Waals surface area contributed by atoms with Crippen LogP contribution in [0, 0.1) is 22.7 Å². The average molecular weight is 410 g/mol. The van der Waals surface area contributed by atoms with E-state index in [0.717, 1.165) is 10.0 Å². The molecule has 0 heterocycles. The fourth-order valence-electron chi connectivity index (χ4n) is 2.21. The Balaban J connectivity index is 2.35. The van der Waals surface area contributed by atoms with Crippen molar-refractivity contribution in [3.05, 3.63) is 69.2 Å². The summed E-state index contributed by atoms with van der Waals surface area (Å²) in [6.07, 6.45) is 1.50. The first kappa shape index (κ1) is 19.2. The van der Waals surface area contributed by atoms with Crippen molar-refractivity contribution in [2.24, 2.45) is 0 Å². The highest BCUT2D eigenvalue weighted by molar-refractivity contribution is 9.10. The number of ether oxygens (including phenoxy) is 1. The molecule has 0 saturated carbocycles. The molecule has 130 valence electrons. The van der Waals surface area contributed by atoms with Crippen LogP contribution in [-0.4, -0.2) is 24.9 Å². The number of amides is 1. The first-order valence-corrected chi connectivity index (χ1v) is 8.49. The van der Waals surface area contributed by atoms with E-state index < -0.39 is 0 Å². The Morgan fingerprint density at radius 2 is 1.96 bits per heavy atom. The van der Waals surface area contributed by atoms with Crippen LogP contribution in [0.1, 0.15) is 16.7 Å². The van der Waals surface area contributed by atoms with Gasteiger partial charge in [0.05, 0.1) is 11.6 Å². The van der Waals surface area contributed by atoms with Crippen molar-refractivity contribution in [2.75, 3.05) is 14.1 Å². The lowest BCUT2D eigenvalue weighted by molar-refractivity contribution is -0.124. The summed E-state index contributed by atoms with van der Waals surface area (Å²) in [7, 11) is 3.18. The molecule has 2 aromatic carbocycles. The van der Waals surface area contributed by atoms with Gasteiger partial charge in [-0.1, -0.05) is 34.1 Å². The second kappa shape index (κ2) is 8.84. The fourth-order valence-corrected chi connectivity index (χ4v) is 2.59. The molecule has 0 spiro atoms. The number of carbonyl (C=O) groups excluding carboxylic acids is 1. The molecular formula is C20H16BrN3O2. The molecule has 0 bridgehead atoms.